The van der Waals surface area contributed by atoms with E-state index < -0.39 is 6.10 Å². The van der Waals surface area contributed by atoms with Crippen LogP contribution >= 0.6 is 0 Å². The van der Waals surface area contributed by atoms with Gasteiger partial charge < -0.3 is 34.3 Å². The third-order valence-electron chi connectivity index (χ3n) is 5.25. The summed E-state index contributed by atoms with van der Waals surface area (Å²) in [4.78, 5) is 0. The number of aryl methyl sites for hydroxylation is 1. The van der Waals surface area contributed by atoms with E-state index in [1.54, 1.807) is 18.2 Å². The van der Waals surface area contributed by atoms with Gasteiger partial charge in [-0.2, -0.15) is 0 Å². The zero-order valence-electron chi connectivity index (χ0n) is 16.9. The Labute approximate surface area is 170 Å². The minimum absolute atomic E-state index is 0.0621. The van der Waals surface area contributed by atoms with Crippen molar-refractivity contribution >= 4 is 0 Å². The van der Waals surface area contributed by atoms with E-state index in [0.29, 0.717) is 36.5 Å². The summed E-state index contributed by atoms with van der Waals surface area (Å²) in [6.07, 6.45) is 1.50. The van der Waals surface area contributed by atoms with Gasteiger partial charge in [-0.25, -0.2) is 0 Å². The second kappa shape index (κ2) is 9.24. The lowest BCUT2D eigenvalue weighted by Gasteiger charge is -2.34. The molecule has 1 aliphatic rings. The summed E-state index contributed by atoms with van der Waals surface area (Å²) in [5, 5.41) is 30.2. The van der Waals surface area contributed by atoms with Crippen molar-refractivity contribution in [2.45, 2.75) is 44.0 Å². The average Bonchev–Trinajstić information content (AvgIpc) is 2.73. The van der Waals surface area contributed by atoms with E-state index in [1.165, 1.54) is 21.3 Å². The molecule has 29 heavy (non-hydrogen) atoms. The summed E-state index contributed by atoms with van der Waals surface area (Å²) >= 11 is 0. The second-order valence-electron chi connectivity index (χ2n) is 7.19. The molecule has 1 saturated heterocycles. The molecule has 0 aliphatic carbocycles. The molecule has 2 aromatic rings. The third-order valence-corrected chi connectivity index (χ3v) is 5.25. The zero-order chi connectivity index (χ0) is 21.0. The fourth-order valence-corrected chi connectivity index (χ4v) is 3.70. The normalized spacial score (nSPS) is 21.6. The zero-order valence-corrected chi connectivity index (χ0v) is 16.9. The largest absolute Gasteiger partial charge is 0.504 e. The van der Waals surface area contributed by atoms with Crippen molar-refractivity contribution in [2.24, 2.45) is 0 Å². The van der Waals surface area contributed by atoms with E-state index in [-0.39, 0.29) is 23.7 Å². The smallest absolute Gasteiger partial charge is 0.200 e. The number of rotatable bonds is 7. The highest BCUT2D eigenvalue weighted by Crippen LogP contribution is 2.42. The van der Waals surface area contributed by atoms with E-state index >= 15 is 0 Å². The number of hydrogen-bond donors (Lipinski definition) is 3. The Morgan fingerprint density at radius 2 is 1.59 bits per heavy atom. The molecule has 0 aromatic heterocycles. The van der Waals surface area contributed by atoms with Gasteiger partial charge in [0.15, 0.2) is 23.0 Å². The van der Waals surface area contributed by atoms with Crippen LogP contribution < -0.4 is 14.2 Å². The molecule has 7 heteroatoms. The van der Waals surface area contributed by atoms with E-state index in [0.717, 1.165) is 17.5 Å². The van der Waals surface area contributed by atoms with Crippen molar-refractivity contribution < 1.29 is 34.3 Å². The van der Waals surface area contributed by atoms with Crippen LogP contribution in [-0.2, 0) is 11.2 Å². The SMILES string of the molecule is COc1cc(CCC2CC(O)CC(c3cc(OC)c(O)c(OC)c3)O2)ccc1O. The van der Waals surface area contributed by atoms with Crippen LogP contribution in [0, 0.1) is 0 Å². The maximum atomic E-state index is 10.4. The van der Waals surface area contributed by atoms with Crippen LogP contribution in [0.25, 0.3) is 0 Å². The summed E-state index contributed by atoms with van der Waals surface area (Å²) in [5.41, 5.74) is 1.80. The Morgan fingerprint density at radius 3 is 2.21 bits per heavy atom. The fraction of sp³-hybridized carbons (Fsp3) is 0.455. The van der Waals surface area contributed by atoms with Crippen molar-refractivity contribution in [1.82, 2.24) is 0 Å². The number of aliphatic hydroxyl groups excluding tert-OH is 1. The number of phenols is 2. The maximum Gasteiger partial charge on any atom is 0.200 e. The van der Waals surface area contributed by atoms with Crippen LogP contribution in [0.2, 0.25) is 0 Å². The van der Waals surface area contributed by atoms with Gasteiger partial charge in [0, 0.05) is 6.42 Å². The Hall–Kier alpha value is -2.64. The number of benzene rings is 2. The summed E-state index contributed by atoms with van der Waals surface area (Å²) in [7, 11) is 4.47. The van der Waals surface area contributed by atoms with Crippen molar-refractivity contribution in [2.75, 3.05) is 21.3 Å². The minimum atomic E-state index is -0.487. The van der Waals surface area contributed by atoms with Crippen LogP contribution in [-0.4, -0.2) is 48.9 Å². The molecular weight excluding hydrogens is 376 g/mol. The first-order valence-corrected chi connectivity index (χ1v) is 9.59. The number of aliphatic hydroxyl groups is 1. The molecular formula is C22H28O7. The number of phenolic OH excluding ortho intramolecular Hbond substituents is 2. The van der Waals surface area contributed by atoms with E-state index in [9.17, 15) is 15.3 Å². The van der Waals surface area contributed by atoms with Gasteiger partial charge in [0.05, 0.1) is 39.6 Å². The molecule has 0 bridgehead atoms. The Balaban J connectivity index is 1.72. The number of aromatic hydroxyl groups is 2. The van der Waals surface area contributed by atoms with Gasteiger partial charge in [0.25, 0.3) is 0 Å². The summed E-state index contributed by atoms with van der Waals surface area (Å²) < 4.78 is 21.9. The van der Waals surface area contributed by atoms with Crippen LogP contribution in [0.3, 0.4) is 0 Å². The summed E-state index contributed by atoms with van der Waals surface area (Å²) in [5.74, 6) is 1.09. The first-order chi connectivity index (χ1) is 13.9. The molecule has 1 aliphatic heterocycles. The highest BCUT2D eigenvalue weighted by molar-refractivity contribution is 5.53. The monoisotopic (exact) mass is 404 g/mol. The summed E-state index contributed by atoms with van der Waals surface area (Å²) in [6.45, 7) is 0. The first kappa shape index (κ1) is 21.1. The fourth-order valence-electron chi connectivity index (χ4n) is 3.70. The second-order valence-corrected chi connectivity index (χ2v) is 7.19. The lowest BCUT2D eigenvalue weighted by Crippen LogP contribution is -2.31. The summed E-state index contributed by atoms with van der Waals surface area (Å²) in [6, 6.07) is 8.69. The molecule has 158 valence electrons. The van der Waals surface area contributed by atoms with E-state index in [2.05, 4.69) is 0 Å². The lowest BCUT2D eigenvalue weighted by atomic mass is 9.93. The van der Waals surface area contributed by atoms with Gasteiger partial charge >= 0.3 is 0 Å². The van der Waals surface area contributed by atoms with Gasteiger partial charge in [-0.1, -0.05) is 6.07 Å². The van der Waals surface area contributed by atoms with Gasteiger partial charge in [-0.3, -0.25) is 0 Å². The molecule has 0 saturated carbocycles. The number of hydrogen-bond acceptors (Lipinski definition) is 7. The Bertz CT molecular complexity index is 811. The number of ether oxygens (including phenoxy) is 4. The molecule has 3 rings (SSSR count). The molecule has 3 atom stereocenters. The minimum Gasteiger partial charge on any atom is -0.504 e. The highest BCUT2D eigenvalue weighted by atomic mass is 16.5. The standard InChI is InChI=1S/C22H28O7/c1-26-19-8-13(5-7-17(19)24)4-6-16-11-15(23)12-18(29-16)14-9-20(27-2)22(25)21(10-14)28-3/h5,7-10,15-16,18,23-25H,4,6,11-12H2,1-3H3. The molecule has 1 heterocycles. The van der Waals surface area contributed by atoms with Crippen molar-refractivity contribution in [3.05, 3.63) is 41.5 Å². The van der Waals surface area contributed by atoms with E-state index in [4.69, 9.17) is 18.9 Å². The Morgan fingerprint density at radius 1 is 0.931 bits per heavy atom. The van der Waals surface area contributed by atoms with Crippen molar-refractivity contribution in [3.63, 3.8) is 0 Å². The third kappa shape index (κ3) is 4.86. The highest BCUT2D eigenvalue weighted by Gasteiger charge is 2.30. The molecule has 3 unspecified atom stereocenters. The van der Waals surface area contributed by atoms with Crippen molar-refractivity contribution in [3.8, 4) is 28.7 Å². The first-order valence-electron chi connectivity index (χ1n) is 9.59. The molecule has 0 radical (unpaired) electrons. The Kier molecular flexibility index (Phi) is 6.71. The van der Waals surface area contributed by atoms with E-state index in [1.807, 2.05) is 12.1 Å². The molecule has 0 amide bonds. The van der Waals surface area contributed by atoms with Crippen LogP contribution in [0.5, 0.6) is 28.7 Å². The maximum absolute atomic E-state index is 10.4. The van der Waals surface area contributed by atoms with Gasteiger partial charge in [0.2, 0.25) is 5.75 Å². The van der Waals surface area contributed by atoms with Gasteiger partial charge in [-0.05, 0) is 54.7 Å². The molecule has 3 N–H and O–H groups in total. The predicted octanol–water partition coefficient (Wildman–Crippen LogP) is 3.34. The number of methoxy groups -OCH3 is 3. The van der Waals surface area contributed by atoms with Crippen LogP contribution in [0.1, 0.15) is 36.5 Å². The average molecular weight is 404 g/mol. The lowest BCUT2D eigenvalue weighted by molar-refractivity contribution is -0.0999. The van der Waals surface area contributed by atoms with Gasteiger partial charge in [0.1, 0.15) is 0 Å². The van der Waals surface area contributed by atoms with Gasteiger partial charge in [-0.15, -0.1) is 0 Å². The molecule has 1 fully saturated rings. The molecule has 0 spiro atoms. The van der Waals surface area contributed by atoms with Crippen LogP contribution in [0.15, 0.2) is 30.3 Å². The quantitative estimate of drug-likeness (QED) is 0.651. The van der Waals surface area contributed by atoms with Crippen LogP contribution in [0.4, 0.5) is 0 Å². The van der Waals surface area contributed by atoms with Crippen molar-refractivity contribution in [1.29, 1.82) is 0 Å². The topological polar surface area (TPSA) is 97.6 Å². The molecule has 7 nitrogen and oxygen atoms in total. The predicted molar refractivity (Wildman–Crippen MR) is 107 cm³/mol. The molecule has 2 aromatic carbocycles.